The number of nitrogens with zero attached hydrogens (tertiary/aromatic N) is 2. The zero-order valence-electron chi connectivity index (χ0n) is 25.2. The molecule has 2 fully saturated rings. The van der Waals surface area contributed by atoms with Gasteiger partial charge in [-0.3, -0.25) is 19.3 Å². The molecule has 1 aromatic rings. The van der Waals surface area contributed by atoms with Crippen molar-refractivity contribution in [3.63, 3.8) is 0 Å². The van der Waals surface area contributed by atoms with E-state index in [1.807, 2.05) is 0 Å². The molecule has 0 spiro atoms. The number of hydrogen-bond donors (Lipinski definition) is 1. The Morgan fingerprint density at radius 3 is 2.38 bits per heavy atom. The molecule has 4 atom stereocenters. The second-order valence-corrected chi connectivity index (χ2v) is 12.7. The van der Waals surface area contributed by atoms with Crippen LogP contribution in [0.2, 0.25) is 0 Å². The first-order chi connectivity index (χ1) is 18.7. The van der Waals surface area contributed by atoms with Gasteiger partial charge in [0.25, 0.3) is 0 Å². The first-order valence-corrected chi connectivity index (χ1v) is 15.5. The summed E-state index contributed by atoms with van der Waals surface area (Å²) in [5.41, 5.74) is 1.23. The van der Waals surface area contributed by atoms with Gasteiger partial charge in [0.1, 0.15) is 0 Å². The van der Waals surface area contributed by atoms with Gasteiger partial charge in [0.05, 0.1) is 13.1 Å². The maximum Gasteiger partial charge on any atom is 0.239 e. The molecule has 6 heteroatoms. The van der Waals surface area contributed by atoms with Crippen LogP contribution in [0.5, 0.6) is 0 Å². The fourth-order valence-electron chi connectivity index (χ4n) is 6.60. The van der Waals surface area contributed by atoms with Gasteiger partial charge in [-0.15, -0.1) is 0 Å². The number of benzene rings is 1. The van der Waals surface area contributed by atoms with Crippen LogP contribution in [0.3, 0.4) is 0 Å². The van der Waals surface area contributed by atoms with Gasteiger partial charge in [-0.1, -0.05) is 83.2 Å². The van der Waals surface area contributed by atoms with Gasteiger partial charge in [0.2, 0.25) is 11.8 Å². The van der Waals surface area contributed by atoms with Crippen LogP contribution in [0.15, 0.2) is 30.3 Å². The van der Waals surface area contributed by atoms with E-state index in [-0.39, 0.29) is 42.1 Å². The predicted molar refractivity (Wildman–Crippen MR) is 158 cm³/mol. The number of nitrogens with one attached hydrogen (secondary N) is 1. The Hall–Kier alpha value is -2.21. The van der Waals surface area contributed by atoms with Crippen molar-refractivity contribution in [2.24, 2.45) is 23.7 Å². The molecule has 218 valence electrons. The zero-order valence-corrected chi connectivity index (χ0v) is 25.2. The van der Waals surface area contributed by atoms with Crippen LogP contribution >= 0.6 is 0 Å². The molecule has 3 unspecified atom stereocenters. The molecule has 3 rings (SSSR count). The lowest BCUT2D eigenvalue weighted by Gasteiger charge is -2.41. The van der Waals surface area contributed by atoms with Gasteiger partial charge in [0, 0.05) is 24.4 Å². The maximum absolute atomic E-state index is 13.9. The average molecular weight is 540 g/mol. The summed E-state index contributed by atoms with van der Waals surface area (Å²) in [5, 5.41) is 2.80. The van der Waals surface area contributed by atoms with E-state index in [4.69, 9.17) is 0 Å². The van der Waals surface area contributed by atoms with E-state index in [0.29, 0.717) is 24.8 Å². The number of Topliss-reactive ketones (excluding diaryl/α,β-unsaturated/α-hetero) is 1. The van der Waals surface area contributed by atoms with E-state index in [0.717, 1.165) is 50.9 Å². The first kappa shape index (κ1) is 31.3. The summed E-state index contributed by atoms with van der Waals surface area (Å²) in [4.78, 5) is 43.3. The predicted octanol–water partition coefficient (Wildman–Crippen LogP) is 5.80. The third kappa shape index (κ3) is 8.64. The van der Waals surface area contributed by atoms with Crippen LogP contribution in [0.25, 0.3) is 0 Å². The quantitative estimate of drug-likeness (QED) is 0.386. The molecule has 0 radical (unpaired) electrons. The van der Waals surface area contributed by atoms with Gasteiger partial charge in [0.15, 0.2) is 5.78 Å². The van der Waals surface area contributed by atoms with Crippen molar-refractivity contribution < 1.29 is 14.4 Å². The summed E-state index contributed by atoms with van der Waals surface area (Å²) in [6.07, 6.45) is 11.3. The number of carbonyl (C=O) groups excluding carboxylic acids is 3. The van der Waals surface area contributed by atoms with Crippen molar-refractivity contribution in [3.05, 3.63) is 35.9 Å². The third-order valence-electron chi connectivity index (χ3n) is 9.71. The molecule has 1 aromatic carbocycles. The van der Waals surface area contributed by atoms with Crippen LogP contribution in [0.4, 0.5) is 0 Å². The molecule has 1 saturated heterocycles. The first-order valence-electron chi connectivity index (χ1n) is 15.5. The monoisotopic (exact) mass is 539 g/mol. The topological polar surface area (TPSA) is 69.7 Å². The summed E-state index contributed by atoms with van der Waals surface area (Å²) >= 11 is 0. The molecular weight excluding hydrogens is 486 g/mol. The van der Waals surface area contributed by atoms with E-state index in [9.17, 15) is 14.4 Å². The molecule has 2 amide bonds. The van der Waals surface area contributed by atoms with Crippen molar-refractivity contribution in [3.8, 4) is 0 Å². The molecule has 0 aromatic heterocycles. The maximum atomic E-state index is 13.9. The fraction of sp³-hybridized carbons (Fsp3) is 0.727. The minimum atomic E-state index is -0.236. The lowest BCUT2D eigenvalue weighted by Crippen LogP contribution is -2.46. The van der Waals surface area contributed by atoms with Crippen LogP contribution in [0, 0.1) is 23.7 Å². The van der Waals surface area contributed by atoms with Gasteiger partial charge in [-0.05, 0) is 69.5 Å². The average Bonchev–Trinajstić information content (AvgIpc) is 2.92. The van der Waals surface area contributed by atoms with Crippen LogP contribution in [-0.2, 0) is 19.9 Å². The Kier molecular flexibility index (Phi) is 12.0. The molecule has 1 aliphatic carbocycles. The van der Waals surface area contributed by atoms with E-state index in [1.54, 1.807) is 4.90 Å². The van der Waals surface area contributed by atoms with Gasteiger partial charge < -0.3 is 10.2 Å². The summed E-state index contributed by atoms with van der Waals surface area (Å²) < 4.78 is 0. The molecular formula is C33H53N3O3. The third-order valence-corrected chi connectivity index (χ3v) is 9.71. The number of ketones is 1. The van der Waals surface area contributed by atoms with Crippen LogP contribution in [-0.4, -0.2) is 61.1 Å². The minimum Gasteiger partial charge on any atom is -0.347 e. The molecule has 1 N–H and O–H groups in total. The number of hydrogen-bond acceptors (Lipinski definition) is 4. The lowest BCUT2D eigenvalue weighted by atomic mass is 9.73. The smallest absolute Gasteiger partial charge is 0.239 e. The highest BCUT2D eigenvalue weighted by Gasteiger charge is 2.37. The molecule has 1 saturated carbocycles. The Labute approximate surface area is 237 Å². The Morgan fingerprint density at radius 1 is 1.08 bits per heavy atom. The van der Waals surface area contributed by atoms with E-state index < -0.39 is 0 Å². The summed E-state index contributed by atoms with van der Waals surface area (Å²) in [7, 11) is 4.35. The Morgan fingerprint density at radius 2 is 1.77 bits per heavy atom. The van der Waals surface area contributed by atoms with Gasteiger partial charge in [-0.25, -0.2) is 0 Å². The molecule has 2 aliphatic rings. The van der Waals surface area contributed by atoms with E-state index in [1.165, 1.54) is 24.8 Å². The van der Waals surface area contributed by atoms with Crippen LogP contribution in [0.1, 0.15) is 97.0 Å². The van der Waals surface area contributed by atoms with Gasteiger partial charge >= 0.3 is 0 Å². The van der Waals surface area contributed by atoms with Crippen molar-refractivity contribution >= 4 is 17.6 Å². The fourth-order valence-corrected chi connectivity index (χ4v) is 6.60. The highest BCUT2D eigenvalue weighted by molar-refractivity contribution is 5.89. The highest BCUT2D eigenvalue weighted by atomic mass is 16.2. The molecule has 6 nitrogen and oxygen atoms in total. The van der Waals surface area contributed by atoms with Crippen molar-refractivity contribution in [2.45, 2.75) is 96.9 Å². The standard InChI is InChI=1S/C33H53N3O3/c1-6-25(2)21-30(37)23-34-31(38)24-36-20-12-19-33(35(4)5,29-16-8-7-9-17-29)18-11-15-28(26(3)32(36)39)22-27-13-10-14-27/h7-9,16-17,25-28H,6,10-15,18-24H2,1-5H3,(H,34,38)/t25?,26?,28?,33-/m1/s1. The Balaban J connectivity index is 1.78. The molecule has 1 aliphatic heterocycles. The summed E-state index contributed by atoms with van der Waals surface area (Å²) in [5.74, 6) is 1.19. The molecule has 39 heavy (non-hydrogen) atoms. The Bertz CT molecular complexity index is 929. The highest BCUT2D eigenvalue weighted by Crippen LogP contribution is 2.41. The van der Waals surface area contributed by atoms with Crippen molar-refractivity contribution in [1.82, 2.24) is 15.1 Å². The van der Waals surface area contributed by atoms with E-state index >= 15 is 0 Å². The van der Waals surface area contributed by atoms with Crippen molar-refractivity contribution in [2.75, 3.05) is 33.7 Å². The second-order valence-electron chi connectivity index (χ2n) is 12.7. The number of carbonyl (C=O) groups is 3. The summed E-state index contributed by atoms with van der Waals surface area (Å²) in [6.45, 7) is 6.83. The van der Waals surface area contributed by atoms with E-state index in [2.05, 4.69) is 75.4 Å². The largest absolute Gasteiger partial charge is 0.347 e. The number of rotatable bonds is 11. The minimum absolute atomic E-state index is 0.0240. The summed E-state index contributed by atoms with van der Waals surface area (Å²) in [6, 6.07) is 10.8. The zero-order chi connectivity index (χ0) is 28.4. The SMILES string of the molecule is CCC(C)CC(=O)CNC(=O)CN1CCC[C@](c2ccccc2)(N(C)C)CCCC(CC2CCC2)C(C)C1=O. The van der Waals surface area contributed by atoms with Crippen LogP contribution < -0.4 is 5.32 Å². The second kappa shape index (κ2) is 15.0. The van der Waals surface area contributed by atoms with Crippen molar-refractivity contribution in [1.29, 1.82) is 0 Å². The molecule has 0 bridgehead atoms. The normalized spacial score (nSPS) is 26.0. The molecule has 1 heterocycles. The number of amides is 2. The lowest BCUT2D eigenvalue weighted by molar-refractivity contribution is -0.141. The van der Waals surface area contributed by atoms with Gasteiger partial charge in [-0.2, -0.15) is 0 Å².